The summed E-state index contributed by atoms with van der Waals surface area (Å²) in [7, 11) is 0. The van der Waals surface area contributed by atoms with Crippen LogP contribution in [0.5, 0.6) is 0 Å². The van der Waals surface area contributed by atoms with Crippen molar-refractivity contribution in [2.24, 2.45) is 0 Å². The minimum Gasteiger partial charge on any atom is -0.456 e. The molecule has 1 aromatic rings. The molecule has 0 aromatic heterocycles. The Hall–Kier alpha value is -0.830. The van der Waals surface area contributed by atoms with Gasteiger partial charge in [0, 0.05) is 6.92 Å². The number of rotatable bonds is 1. The molecule has 1 aliphatic rings. The standard InChI is InChI=1S/C11H11BrO2/c1-7(13)14-11-9-5-3-2-4-8(9)6-10(11)12/h2-5,10-11H,6H2,1H3/t10-,11+/m0/s1. The van der Waals surface area contributed by atoms with Crippen LogP contribution < -0.4 is 0 Å². The number of esters is 1. The van der Waals surface area contributed by atoms with E-state index in [4.69, 9.17) is 4.74 Å². The van der Waals surface area contributed by atoms with Gasteiger partial charge in [-0.2, -0.15) is 0 Å². The van der Waals surface area contributed by atoms with Gasteiger partial charge in [0.15, 0.2) is 0 Å². The molecular weight excluding hydrogens is 244 g/mol. The van der Waals surface area contributed by atoms with E-state index in [9.17, 15) is 4.79 Å². The SMILES string of the molecule is CC(=O)O[C@@H]1c2ccccc2C[C@@H]1Br. The van der Waals surface area contributed by atoms with Crippen molar-refractivity contribution in [2.75, 3.05) is 0 Å². The first-order valence-corrected chi connectivity index (χ1v) is 5.49. The number of benzene rings is 1. The third kappa shape index (κ3) is 1.69. The summed E-state index contributed by atoms with van der Waals surface area (Å²) in [6, 6.07) is 8.08. The molecule has 0 unspecified atom stereocenters. The summed E-state index contributed by atoms with van der Waals surface area (Å²) in [5.41, 5.74) is 2.39. The van der Waals surface area contributed by atoms with Crippen LogP contribution in [0.2, 0.25) is 0 Å². The van der Waals surface area contributed by atoms with E-state index in [0.29, 0.717) is 0 Å². The van der Waals surface area contributed by atoms with Gasteiger partial charge < -0.3 is 4.74 Å². The summed E-state index contributed by atoms with van der Waals surface area (Å²) in [5, 5.41) is 0. The van der Waals surface area contributed by atoms with E-state index in [1.54, 1.807) is 0 Å². The zero-order valence-corrected chi connectivity index (χ0v) is 9.45. The Balaban J connectivity index is 2.30. The lowest BCUT2D eigenvalue weighted by atomic mass is 10.1. The second kappa shape index (κ2) is 3.73. The summed E-state index contributed by atoms with van der Waals surface area (Å²) in [6.45, 7) is 1.45. The fourth-order valence-electron chi connectivity index (χ4n) is 1.83. The maximum Gasteiger partial charge on any atom is 0.303 e. The molecule has 2 nitrogen and oxygen atoms in total. The number of ether oxygens (including phenoxy) is 1. The van der Waals surface area contributed by atoms with Gasteiger partial charge in [0.1, 0.15) is 6.10 Å². The highest BCUT2D eigenvalue weighted by Gasteiger charge is 2.32. The molecule has 0 saturated carbocycles. The third-order valence-electron chi connectivity index (χ3n) is 2.40. The highest BCUT2D eigenvalue weighted by atomic mass is 79.9. The lowest BCUT2D eigenvalue weighted by molar-refractivity contribution is -0.146. The van der Waals surface area contributed by atoms with Crippen molar-refractivity contribution < 1.29 is 9.53 Å². The van der Waals surface area contributed by atoms with Crippen molar-refractivity contribution in [3.05, 3.63) is 35.4 Å². The lowest BCUT2D eigenvalue weighted by Crippen LogP contribution is -2.13. The molecule has 0 heterocycles. The summed E-state index contributed by atoms with van der Waals surface area (Å²) < 4.78 is 5.26. The normalized spacial score (nSPS) is 24.4. The average molecular weight is 255 g/mol. The van der Waals surface area contributed by atoms with Gasteiger partial charge in [-0.25, -0.2) is 0 Å². The van der Waals surface area contributed by atoms with Crippen molar-refractivity contribution in [2.45, 2.75) is 24.3 Å². The number of alkyl halides is 1. The number of carbonyl (C=O) groups is 1. The highest BCUT2D eigenvalue weighted by molar-refractivity contribution is 9.09. The lowest BCUT2D eigenvalue weighted by Gasteiger charge is -2.15. The largest absolute Gasteiger partial charge is 0.456 e. The molecule has 0 fully saturated rings. The molecule has 2 atom stereocenters. The highest BCUT2D eigenvalue weighted by Crippen LogP contribution is 2.38. The molecular formula is C11H11BrO2. The molecule has 1 aromatic carbocycles. The quantitative estimate of drug-likeness (QED) is 0.569. The van der Waals surface area contributed by atoms with E-state index in [1.807, 2.05) is 18.2 Å². The van der Waals surface area contributed by atoms with Crippen LogP contribution in [0.1, 0.15) is 24.2 Å². The smallest absolute Gasteiger partial charge is 0.303 e. The monoisotopic (exact) mass is 254 g/mol. The topological polar surface area (TPSA) is 26.3 Å². The van der Waals surface area contributed by atoms with Crippen LogP contribution in [0.4, 0.5) is 0 Å². The van der Waals surface area contributed by atoms with Gasteiger partial charge in [-0.1, -0.05) is 40.2 Å². The fourth-order valence-corrected chi connectivity index (χ4v) is 2.57. The van der Waals surface area contributed by atoms with Crippen molar-refractivity contribution in [1.82, 2.24) is 0 Å². The summed E-state index contributed by atoms with van der Waals surface area (Å²) >= 11 is 3.54. The molecule has 14 heavy (non-hydrogen) atoms. The minimum absolute atomic E-state index is 0.122. The molecule has 2 rings (SSSR count). The molecule has 3 heteroatoms. The molecule has 0 spiro atoms. The Morgan fingerprint density at radius 1 is 1.50 bits per heavy atom. The number of carbonyl (C=O) groups excluding carboxylic acids is 1. The Kier molecular flexibility index (Phi) is 2.59. The maximum atomic E-state index is 10.9. The maximum absolute atomic E-state index is 10.9. The first kappa shape index (κ1) is 9.71. The number of halogens is 1. The molecule has 0 radical (unpaired) electrons. The van der Waals surface area contributed by atoms with Crippen LogP contribution in [0, 0.1) is 0 Å². The number of hydrogen-bond acceptors (Lipinski definition) is 2. The van der Waals surface area contributed by atoms with Gasteiger partial charge >= 0.3 is 5.97 Å². The zero-order valence-electron chi connectivity index (χ0n) is 7.87. The number of fused-ring (bicyclic) bond motifs is 1. The van der Waals surface area contributed by atoms with E-state index in [0.717, 1.165) is 12.0 Å². The summed E-state index contributed by atoms with van der Waals surface area (Å²) in [6.07, 6.45) is 0.803. The van der Waals surface area contributed by atoms with E-state index in [2.05, 4.69) is 22.0 Å². The predicted molar refractivity (Wildman–Crippen MR) is 57.4 cm³/mol. The van der Waals surface area contributed by atoms with Crippen LogP contribution in [0.25, 0.3) is 0 Å². The van der Waals surface area contributed by atoms with Crippen molar-refractivity contribution in [3.8, 4) is 0 Å². The van der Waals surface area contributed by atoms with Crippen LogP contribution in [-0.4, -0.2) is 10.8 Å². The van der Waals surface area contributed by atoms with E-state index in [1.165, 1.54) is 12.5 Å². The second-order valence-corrected chi connectivity index (χ2v) is 4.63. The van der Waals surface area contributed by atoms with Gasteiger partial charge in [0.2, 0.25) is 0 Å². The first-order valence-electron chi connectivity index (χ1n) is 4.57. The second-order valence-electron chi connectivity index (χ2n) is 3.45. The van der Waals surface area contributed by atoms with Gasteiger partial charge in [0.05, 0.1) is 4.83 Å². The zero-order chi connectivity index (χ0) is 10.1. The molecule has 1 aliphatic carbocycles. The van der Waals surface area contributed by atoms with E-state index >= 15 is 0 Å². The van der Waals surface area contributed by atoms with Gasteiger partial charge in [-0.05, 0) is 17.5 Å². The van der Waals surface area contributed by atoms with Gasteiger partial charge in [0.25, 0.3) is 0 Å². The summed E-state index contributed by atoms with van der Waals surface area (Å²) in [5.74, 6) is -0.226. The number of hydrogen-bond donors (Lipinski definition) is 0. The van der Waals surface area contributed by atoms with Gasteiger partial charge in [-0.15, -0.1) is 0 Å². The van der Waals surface area contributed by atoms with Crippen LogP contribution in [0.15, 0.2) is 24.3 Å². The summed E-state index contributed by atoms with van der Waals surface area (Å²) in [4.78, 5) is 11.1. The molecule has 74 valence electrons. The van der Waals surface area contributed by atoms with Crippen molar-refractivity contribution in [3.63, 3.8) is 0 Å². The van der Waals surface area contributed by atoms with Crippen molar-refractivity contribution >= 4 is 21.9 Å². The first-order chi connectivity index (χ1) is 6.68. The Morgan fingerprint density at radius 2 is 2.21 bits per heavy atom. The minimum atomic E-state index is -0.226. The van der Waals surface area contributed by atoms with Crippen molar-refractivity contribution in [1.29, 1.82) is 0 Å². The Bertz CT molecular complexity index is 362. The molecule has 0 aliphatic heterocycles. The molecule has 0 amide bonds. The molecule has 0 bridgehead atoms. The fraction of sp³-hybridized carbons (Fsp3) is 0.364. The van der Waals surface area contributed by atoms with E-state index < -0.39 is 0 Å². The predicted octanol–water partition coefficient (Wildman–Crippen LogP) is 2.61. The van der Waals surface area contributed by atoms with Crippen LogP contribution in [0.3, 0.4) is 0 Å². The average Bonchev–Trinajstić information content (AvgIpc) is 2.43. The Labute approximate surface area is 91.4 Å². The van der Waals surface area contributed by atoms with Crippen LogP contribution >= 0.6 is 15.9 Å². The van der Waals surface area contributed by atoms with Crippen LogP contribution in [-0.2, 0) is 16.0 Å². The Morgan fingerprint density at radius 3 is 2.93 bits per heavy atom. The third-order valence-corrected chi connectivity index (χ3v) is 3.20. The van der Waals surface area contributed by atoms with Gasteiger partial charge in [-0.3, -0.25) is 4.79 Å². The molecule has 0 saturated heterocycles. The molecule has 0 N–H and O–H groups in total. The van der Waals surface area contributed by atoms with E-state index in [-0.39, 0.29) is 16.9 Å².